The lowest BCUT2D eigenvalue weighted by Crippen LogP contribution is -2.15. The lowest BCUT2D eigenvalue weighted by atomic mass is 10.0. The van der Waals surface area contributed by atoms with E-state index in [2.05, 4.69) is 15.4 Å². The minimum atomic E-state index is -4.56. The van der Waals surface area contributed by atoms with Crippen LogP contribution in [0.25, 0.3) is 16.9 Å². The second kappa shape index (κ2) is 7.80. The molecule has 10 heteroatoms. The first-order chi connectivity index (χ1) is 15.1. The number of halogens is 3. The number of primary amides is 1. The van der Waals surface area contributed by atoms with Crippen LogP contribution in [-0.2, 0) is 6.18 Å². The van der Waals surface area contributed by atoms with E-state index in [1.165, 1.54) is 36.0 Å². The molecule has 0 fully saturated rings. The number of carbonyl (C=O) groups excluding carboxylic acids is 2. The predicted octanol–water partition coefficient (Wildman–Crippen LogP) is 4.07. The number of alkyl halides is 3. The molecule has 0 aliphatic heterocycles. The normalized spacial score (nSPS) is 11.5. The molecule has 162 valence electrons. The van der Waals surface area contributed by atoms with Gasteiger partial charge in [-0.3, -0.25) is 9.59 Å². The summed E-state index contributed by atoms with van der Waals surface area (Å²) >= 11 is 0. The minimum Gasteiger partial charge on any atom is -0.365 e. The van der Waals surface area contributed by atoms with E-state index in [1.54, 1.807) is 30.3 Å². The van der Waals surface area contributed by atoms with Gasteiger partial charge in [0.05, 0.1) is 17.5 Å². The molecule has 0 saturated heterocycles. The lowest BCUT2D eigenvalue weighted by Gasteiger charge is -2.13. The van der Waals surface area contributed by atoms with Crippen LogP contribution in [0.4, 0.5) is 18.9 Å². The zero-order valence-corrected chi connectivity index (χ0v) is 16.6. The van der Waals surface area contributed by atoms with Crippen LogP contribution in [0, 0.1) is 6.92 Å². The Morgan fingerprint density at radius 3 is 2.59 bits per heavy atom. The standard InChI is InChI=1S/C22H16F3N5O2/c1-12-5-6-14(10-17(12)22(23,24)25)21(32)29-15-4-2-3-13(9-15)18-7-8-27-20-16(19(26)31)11-28-30(18)20/h2-11H,1H3,(H2,26,31)(H,29,32). The van der Waals surface area contributed by atoms with E-state index >= 15 is 0 Å². The molecule has 4 aromatic rings. The molecular weight excluding hydrogens is 423 g/mol. The molecule has 4 rings (SSSR count). The molecule has 7 nitrogen and oxygen atoms in total. The third-order valence-electron chi connectivity index (χ3n) is 4.89. The van der Waals surface area contributed by atoms with Gasteiger partial charge >= 0.3 is 6.18 Å². The Bertz CT molecular complexity index is 1360. The van der Waals surface area contributed by atoms with Crippen molar-refractivity contribution in [3.05, 3.63) is 83.2 Å². The average molecular weight is 439 g/mol. The Morgan fingerprint density at radius 2 is 1.88 bits per heavy atom. The molecule has 0 saturated carbocycles. The van der Waals surface area contributed by atoms with E-state index in [0.717, 1.165) is 6.07 Å². The maximum atomic E-state index is 13.2. The first-order valence-corrected chi connectivity index (χ1v) is 9.37. The number of nitrogens with two attached hydrogens (primary N) is 1. The Hall–Kier alpha value is -4.21. The number of aromatic nitrogens is 3. The Balaban J connectivity index is 1.66. The summed E-state index contributed by atoms with van der Waals surface area (Å²) < 4.78 is 40.9. The predicted molar refractivity (Wildman–Crippen MR) is 111 cm³/mol. The van der Waals surface area contributed by atoms with Crippen LogP contribution in [0.15, 0.2) is 60.9 Å². The van der Waals surface area contributed by atoms with Gasteiger partial charge < -0.3 is 11.1 Å². The van der Waals surface area contributed by atoms with Crippen LogP contribution >= 0.6 is 0 Å². The van der Waals surface area contributed by atoms with Crippen LogP contribution in [0.1, 0.15) is 31.8 Å². The van der Waals surface area contributed by atoms with Crippen molar-refractivity contribution < 1.29 is 22.8 Å². The van der Waals surface area contributed by atoms with E-state index in [0.29, 0.717) is 16.9 Å². The Labute approximate surface area is 179 Å². The molecule has 0 bridgehead atoms. The topological polar surface area (TPSA) is 102 Å². The molecule has 2 amide bonds. The van der Waals surface area contributed by atoms with E-state index in [4.69, 9.17) is 5.73 Å². The van der Waals surface area contributed by atoms with Crippen LogP contribution in [0.5, 0.6) is 0 Å². The van der Waals surface area contributed by atoms with Gasteiger partial charge in [0.1, 0.15) is 5.56 Å². The summed E-state index contributed by atoms with van der Waals surface area (Å²) in [6.45, 7) is 1.34. The molecule has 0 atom stereocenters. The van der Waals surface area contributed by atoms with Gasteiger partial charge in [-0.05, 0) is 42.8 Å². The number of fused-ring (bicyclic) bond motifs is 1. The fourth-order valence-corrected chi connectivity index (χ4v) is 3.31. The van der Waals surface area contributed by atoms with Crippen LogP contribution in [-0.4, -0.2) is 26.4 Å². The third kappa shape index (κ3) is 3.89. The number of rotatable bonds is 4. The molecule has 2 heterocycles. The largest absolute Gasteiger partial charge is 0.416 e. The summed E-state index contributed by atoms with van der Waals surface area (Å²) in [5.41, 5.74) is 6.43. The zero-order valence-electron chi connectivity index (χ0n) is 16.6. The average Bonchev–Trinajstić information content (AvgIpc) is 3.18. The first kappa shape index (κ1) is 21.0. The van der Waals surface area contributed by atoms with Crippen molar-refractivity contribution in [1.82, 2.24) is 14.6 Å². The molecule has 3 N–H and O–H groups in total. The Kier molecular flexibility index (Phi) is 5.13. The number of carbonyl (C=O) groups is 2. The molecular formula is C22H16F3N5O2. The maximum absolute atomic E-state index is 13.2. The first-order valence-electron chi connectivity index (χ1n) is 9.37. The summed E-state index contributed by atoms with van der Waals surface area (Å²) in [6, 6.07) is 11.8. The van der Waals surface area contributed by atoms with Gasteiger partial charge in [0.2, 0.25) is 0 Å². The monoisotopic (exact) mass is 439 g/mol. The highest BCUT2D eigenvalue weighted by molar-refractivity contribution is 6.04. The SMILES string of the molecule is Cc1ccc(C(=O)Nc2cccc(-c3ccnc4c(C(N)=O)cnn34)c2)cc1C(F)(F)F. The van der Waals surface area contributed by atoms with Gasteiger partial charge in [-0.15, -0.1) is 0 Å². The van der Waals surface area contributed by atoms with Crippen molar-refractivity contribution in [2.45, 2.75) is 13.1 Å². The number of nitrogens with one attached hydrogen (secondary N) is 1. The molecule has 2 aromatic heterocycles. The van der Waals surface area contributed by atoms with Crippen molar-refractivity contribution in [3.63, 3.8) is 0 Å². The number of hydrogen-bond acceptors (Lipinski definition) is 4. The lowest BCUT2D eigenvalue weighted by molar-refractivity contribution is -0.138. The van der Waals surface area contributed by atoms with Gasteiger partial charge in [0, 0.05) is 23.0 Å². The number of nitrogens with zero attached hydrogens (tertiary/aromatic N) is 3. The number of benzene rings is 2. The highest BCUT2D eigenvalue weighted by Gasteiger charge is 2.33. The van der Waals surface area contributed by atoms with Gasteiger partial charge in [-0.2, -0.15) is 18.3 Å². The Morgan fingerprint density at radius 1 is 1.09 bits per heavy atom. The maximum Gasteiger partial charge on any atom is 0.416 e. The van der Waals surface area contributed by atoms with Gasteiger partial charge in [0.25, 0.3) is 11.8 Å². The summed E-state index contributed by atoms with van der Waals surface area (Å²) in [6.07, 6.45) is -1.75. The summed E-state index contributed by atoms with van der Waals surface area (Å²) in [4.78, 5) is 28.3. The van der Waals surface area contributed by atoms with Crippen molar-refractivity contribution in [2.75, 3.05) is 5.32 Å². The van der Waals surface area contributed by atoms with Crippen molar-refractivity contribution in [2.24, 2.45) is 5.73 Å². The molecule has 0 spiro atoms. The van der Waals surface area contributed by atoms with Crippen LogP contribution < -0.4 is 11.1 Å². The fourth-order valence-electron chi connectivity index (χ4n) is 3.31. The number of hydrogen-bond donors (Lipinski definition) is 2. The third-order valence-corrected chi connectivity index (χ3v) is 4.89. The molecule has 0 radical (unpaired) electrons. The fraction of sp³-hybridized carbons (Fsp3) is 0.0909. The smallest absolute Gasteiger partial charge is 0.365 e. The number of anilines is 1. The van der Waals surface area contributed by atoms with E-state index in [1.807, 2.05) is 0 Å². The van der Waals surface area contributed by atoms with Crippen molar-refractivity contribution in [3.8, 4) is 11.3 Å². The van der Waals surface area contributed by atoms with Crippen molar-refractivity contribution in [1.29, 1.82) is 0 Å². The molecule has 2 aromatic carbocycles. The molecule has 0 unspecified atom stereocenters. The van der Waals surface area contributed by atoms with E-state index in [9.17, 15) is 22.8 Å². The van der Waals surface area contributed by atoms with E-state index in [-0.39, 0.29) is 22.3 Å². The highest BCUT2D eigenvalue weighted by Crippen LogP contribution is 2.32. The van der Waals surface area contributed by atoms with E-state index < -0.39 is 23.6 Å². The van der Waals surface area contributed by atoms with Gasteiger partial charge in [-0.25, -0.2) is 9.50 Å². The summed E-state index contributed by atoms with van der Waals surface area (Å²) in [5, 5.41) is 6.77. The quantitative estimate of drug-likeness (QED) is 0.500. The number of aryl methyl sites for hydroxylation is 1. The highest BCUT2D eigenvalue weighted by atomic mass is 19.4. The zero-order chi connectivity index (χ0) is 23.0. The minimum absolute atomic E-state index is 0.0345. The van der Waals surface area contributed by atoms with Gasteiger partial charge in [-0.1, -0.05) is 18.2 Å². The molecule has 0 aliphatic rings. The number of amides is 2. The molecule has 0 aliphatic carbocycles. The van der Waals surface area contributed by atoms with Crippen LogP contribution in [0.3, 0.4) is 0 Å². The van der Waals surface area contributed by atoms with Crippen LogP contribution in [0.2, 0.25) is 0 Å². The summed E-state index contributed by atoms with van der Waals surface area (Å²) in [7, 11) is 0. The van der Waals surface area contributed by atoms with Crippen molar-refractivity contribution >= 4 is 23.1 Å². The summed E-state index contributed by atoms with van der Waals surface area (Å²) in [5.74, 6) is -1.34. The second-order valence-electron chi connectivity index (χ2n) is 7.05. The molecule has 32 heavy (non-hydrogen) atoms. The van der Waals surface area contributed by atoms with Gasteiger partial charge in [0.15, 0.2) is 5.65 Å². The second-order valence-corrected chi connectivity index (χ2v) is 7.05.